The summed E-state index contributed by atoms with van der Waals surface area (Å²) in [6.07, 6.45) is 0.935. The van der Waals surface area contributed by atoms with E-state index in [1.807, 2.05) is 24.3 Å². The number of amides is 1. The lowest BCUT2D eigenvalue weighted by Crippen LogP contribution is -2.44. The van der Waals surface area contributed by atoms with Gasteiger partial charge in [0.25, 0.3) is 0 Å². The zero-order valence-corrected chi connectivity index (χ0v) is 12.4. The summed E-state index contributed by atoms with van der Waals surface area (Å²) in [6.45, 7) is 3.42. The monoisotopic (exact) mass is 303 g/mol. The zero-order valence-electron chi connectivity index (χ0n) is 10.8. The average Bonchev–Trinajstić information content (AvgIpc) is 2.77. The van der Waals surface area contributed by atoms with E-state index in [4.69, 9.17) is 17.3 Å². The Morgan fingerprint density at radius 3 is 2.95 bits per heavy atom. The van der Waals surface area contributed by atoms with E-state index >= 15 is 0 Å². The van der Waals surface area contributed by atoms with Gasteiger partial charge in [0.1, 0.15) is 0 Å². The molecule has 0 aliphatic carbocycles. The number of benzene rings is 1. The highest BCUT2D eigenvalue weighted by Crippen LogP contribution is 2.23. The molecule has 2 atom stereocenters. The fourth-order valence-corrected chi connectivity index (χ4v) is 2.30. The molecule has 19 heavy (non-hydrogen) atoms. The topological polar surface area (TPSA) is 58.4 Å². The van der Waals surface area contributed by atoms with Crippen molar-refractivity contribution in [2.75, 3.05) is 18.0 Å². The fraction of sp³-hybridized carbons (Fsp3) is 0.462. The maximum atomic E-state index is 11.5. The number of nitrogens with one attached hydrogen (secondary N) is 1. The van der Waals surface area contributed by atoms with Crippen LogP contribution < -0.4 is 16.0 Å². The van der Waals surface area contributed by atoms with Crippen molar-refractivity contribution in [3.05, 3.63) is 29.3 Å². The van der Waals surface area contributed by atoms with E-state index in [9.17, 15) is 4.79 Å². The Bertz CT molecular complexity index is 440. The van der Waals surface area contributed by atoms with Crippen molar-refractivity contribution < 1.29 is 4.79 Å². The van der Waals surface area contributed by atoms with Gasteiger partial charge in [0.05, 0.1) is 6.04 Å². The molecule has 6 heteroatoms. The predicted molar refractivity (Wildman–Crippen MR) is 81.1 cm³/mol. The lowest BCUT2D eigenvalue weighted by molar-refractivity contribution is -0.122. The highest BCUT2D eigenvalue weighted by Gasteiger charge is 2.24. The first kappa shape index (κ1) is 16.1. The number of nitrogens with two attached hydrogens (primary N) is 1. The van der Waals surface area contributed by atoms with Crippen LogP contribution in [0.15, 0.2) is 24.3 Å². The van der Waals surface area contributed by atoms with Crippen molar-refractivity contribution >= 4 is 35.6 Å². The summed E-state index contributed by atoms with van der Waals surface area (Å²) in [6, 6.07) is 7.48. The molecule has 0 saturated carbocycles. The Morgan fingerprint density at radius 1 is 1.58 bits per heavy atom. The Kier molecular flexibility index (Phi) is 5.91. The van der Waals surface area contributed by atoms with E-state index in [1.54, 1.807) is 6.92 Å². The van der Waals surface area contributed by atoms with Gasteiger partial charge in [0, 0.05) is 29.8 Å². The number of halogens is 2. The second kappa shape index (κ2) is 6.98. The van der Waals surface area contributed by atoms with E-state index in [0.29, 0.717) is 0 Å². The van der Waals surface area contributed by atoms with Crippen molar-refractivity contribution in [2.24, 2.45) is 5.73 Å². The molecule has 1 aliphatic heterocycles. The quantitative estimate of drug-likeness (QED) is 0.895. The van der Waals surface area contributed by atoms with Gasteiger partial charge in [-0.15, -0.1) is 12.4 Å². The van der Waals surface area contributed by atoms with Crippen LogP contribution in [0.3, 0.4) is 0 Å². The van der Waals surface area contributed by atoms with Gasteiger partial charge in [-0.2, -0.15) is 0 Å². The molecule has 2 unspecified atom stereocenters. The maximum absolute atomic E-state index is 11.5. The maximum Gasteiger partial charge on any atom is 0.236 e. The molecule has 1 saturated heterocycles. The van der Waals surface area contributed by atoms with Crippen LogP contribution >= 0.6 is 24.0 Å². The number of hydrogen-bond acceptors (Lipinski definition) is 3. The Morgan fingerprint density at radius 2 is 2.32 bits per heavy atom. The predicted octanol–water partition coefficient (Wildman–Crippen LogP) is 1.80. The van der Waals surface area contributed by atoms with Crippen LogP contribution in [-0.4, -0.2) is 31.1 Å². The molecule has 3 N–H and O–H groups in total. The second-order valence-electron chi connectivity index (χ2n) is 4.71. The van der Waals surface area contributed by atoms with Gasteiger partial charge in [-0.25, -0.2) is 0 Å². The third-order valence-electron chi connectivity index (χ3n) is 3.12. The molecule has 1 fully saturated rings. The summed E-state index contributed by atoms with van der Waals surface area (Å²) in [5.41, 5.74) is 6.63. The van der Waals surface area contributed by atoms with Gasteiger partial charge in [0.2, 0.25) is 5.91 Å². The van der Waals surface area contributed by atoms with Gasteiger partial charge in [-0.1, -0.05) is 17.7 Å². The van der Waals surface area contributed by atoms with Gasteiger partial charge < -0.3 is 16.0 Å². The molecule has 1 amide bonds. The molecular formula is C13H19Cl2N3O. The number of rotatable bonds is 3. The summed E-state index contributed by atoms with van der Waals surface area (Å²) in [5, 5.41) is 3.69. The van der Waals surface area contributed by atoms with Crippen molar-refractivity contribution in [1.29, 1.82) is 0 Å². The zero-order chi connectivity index (χ0) is 13.1. The fourth-order valence-electron chi connectivity index (χ4n) is 2.12. The summed E-state index contributed by atoms with van der Waals surface area (Å²) < 4.78 is 0. The molecule has 4 nitrogen and oxygen atoms in total. The first-order valence-electron chi connectivity index (χ1n) is 6.13. The van der Waals surface area contributed by atoms with E-state index in [2.05, 4.69) is 10.2 Å². The summed E-state index contributed by atoms with van der Waals surface area (Å²) >= 11 is 5.97. The summed E-state index contributed by atoms with van der Waals surface area (Å²) in [5.74, 6) is -0.0899. The van der Waals surface area contributed by atoms with Gasteiger partial charge in [-0.3, -0.25) is 4.79 Å². The van der Waals surface area contributed by atoms with Crippen molar-refractivity contribution in [3.8, 4) is 0 Å². The molecule has 1 aromatic carbocycles. The third-order valence-corrected chi connectivity index (χ3v) is 3.36. The normalized spacial score (nSPS) is 19.7. The van der Waals surface area contributed by atoms with E-state index in [-0.39, 0.29) is 24.4 Å². The van der Waals surface area contributed by atoms with Gasteiger partial charge in [-0.05, 0) is 31.5 Å². The van der Waals surface area contributed by atoms with Crippen LogP contribution in [0.4, 0.5) is 5.69 Å². The van der Waals surface area contributed by atoms with Crippen molar-refractivity contribution in [1.82, 2.24) is 5.32 Å². The molecule has 0 spiro atoms. The van der Waals surface area contributed by atoms with Crippen LogP contribution in [0.25, 0.3) is 0 Å². The molecule has 106 valence electrons. The highest BCUT2D eigenvalue weighted by molar-refractivity contribution is 6.30. The molecule has 0 bridgehead atoms. The largest absolute Gasteiger partial charge is 0.369 e. The molecule has 0 radical (unpaired) electrons. The van der Waals surface area contributed by atoms with Gasteiger partial charge in [0.15, 0.2) is 0 Å². The van der Waals surface area contributed by atoms with E-state index < -0.39 is 6.04 Å². The minimum Gasteiger partial charge on any atom is -0.369 e. The molecule has 1 heterocycles. The third kappa shape index (κ3) is 4.27. The van der Waals surface area contributed by atoms with E-state index in [1.165, 1.54) is 0 Å². The molecule has 1 aliphatic rings. The van der Waals surface area contributed by atoms with E-state index in [0.717, 1.165) is 30.2 Å². The van der Waals surface area contributed by atoms with Crippen molar-refractivity contribution in [3.63, 3.8) is 0 Å². The standard InChI is InChI=1S/C13H18ClN3O.ClH/c1-9(15)13(18)16-11-5-6-17(8-11)12-4-2-3-10(14)7-12;/h2-4,7,9,11H,5-6,8,15H2,1H3,(H,16,18);1H. The second-order valence-corrected chi connectivity index (χ2v) is 5.15. The molecule has 1 aromatic rings. The number of carbonyl (C=O) groups is 1. The summed E-state index contributed by atoms with van der Waals surface area (Å²) in [4.78, 5) is 13.7. The average molecular weight is 304 g/mol. The lowest BCUT2D eigenvalue weighted by Gasteiger charge is -2.19. The number of anilines is 1. The smallest absolute Gasteiger partial charge is 0.236 e. The highest BCUT2D eigenvalue weighted by atomic mass is 35.5. The van der Waals surface area contributed by atoms with Crippen LogP contribution in [0, 0.1) is 0 Å². The van der Waals surface area contributed by atoms with Crippen LogP contribution in [0.1, 0.15) is 13.3 Å². The number of nitrogens with zero attached hydrogens (tertiary/aromatic N) is 1. The van der Waals surface area contributed by atoms with Crippen molar-refractivity contribution in [2.45, 2.75) is 25.4 Å². The molecular weight excluding hydrogens is 285 g/mol. The lowest BCUT2D eigenvalue weighted by atomic mass is 10.2. The first-order valence-corrected chi connectivity index (χ1v) is 6.50. The van der Waals surface area contributed by atoms with Crippen LogP contribution in [0.2, 0.25) is 5.02 Å². The molecule has 0 aromatic heterocycles. The summed E-state index contributed by atoms with van der Waals surface area (Å²) in [7, 11) is 0. The number of carbonyl (C=O) groups excluding carboxylic acids is 1. The SMILES string of the molecule is CC(N)C(=O)NC1CCN(c2cccc(Cl)c2)C1.Cl. The Balaban J connectivity index is 0.00000180. The number of hydrogen-bond donors (Lipinski definition) is 2. The minimum atomic E-state index is -0.454. The van der Waals surface area contributed by atoms with Crippen LogP contribution in [-0.2, 0) is 4.79 Å². The van der Waals surface area contributed by atoms with Crippen LogP contribution in [0.5, 0.6) is 0 Å². The Labute approximate surface area is 124 Å². The van der Waals surface area contributed by atoms with Gasteiger partial charge >= 0.3 is 0 Å². The minimum absolute atomic E-state index is 0. The first-order chi connectivity index (χ1) is 8.56. The molecule has 2 rings (SSSR count). The Hall–Kier alpha value is -0.970.